The van der Waals surface area contributed by atoms with Crippen LogP contribution in [-0.2, 0) is 20.5 Å². The van der Waals surface area contributed by atoms with E-state index >= 15 is 0 Å². The van der Waals surface area contributed by atoms with Gasteiger partial charge in [0, 0.05) is 32.7 Å². The molecule has 0 unspecified atom stereocenters. The molecule has 2 aliphatic heterocycles. The van der Waals surface area contributed by atoms with Gasteiger partial charge in [0.15, 0.2) is 0 Å². The Labute approximate surface area is 139 Å². The van der Waals surface area contributed by atoms with Crippen LogP contribution in [0.2, 0.25) is 0 Å². The van der Waals surface area contributed by atoms with Gasteiger partial charge in [0.05, 0.1) is 18.0 Å². The van der Waals surface area contributed by atoms with Crippen LogP contribution in [0.25, 0.3) is 0 Å². The van der Waals surface area contributed by atoms with Crippen molar-refractivity contribution in [2.75, 3.05) is 32.7 Å². The Morgan fingerprint density at radius 2 is 1.78 bits per heavy atom. The highest BCUT2D eigenvalue weighted by Crippen LogP contribution is 2.21. The summed E-state index contributed by atoms with van der Waals surface area (Å²) in [6, 6.07) is 9.40. The first-order valence-corrected chi connectivity index (χ1v) is 10.0. The Bertz CT molecular complexity index is 598. The van der Waals surface area contributed by atoms with Crippen LogP contribution in [-0.4, -0.2) is 62.6 Å². The molecule has 0 N–H and O–H groups in total. The molecule has 1 aromatic rings. The van der Waals surface area contributed by atoms with Crippen LogP contribution in [0.3, 0.4) is 0 Å². The molecule has 2 atom stereocenters. The highest BCUT2D eigenvalue weighted by Gasteiger charge is 2.29. The topological polar surface area (TPSA) is 49.9 Å². The molecule has 128 valence electrons. The van der Waals surface area contributed by atoms with Gasteiger partial charge >= 0.3 is 0 Å². The Hall–Kier alpha value is -0.950. The zero-order chi connectivity index (χ0) is 16.3. The van der Waals surface area contributed by atoms with Gasteiger partial charge in [-0.15, -0.1) is 0 Å². The van der Waals surface area contributed by atoms with E-state index < -0.39 is 10.0 Å². The van der Waals surface area contributed by atoms with Crippen molar-refractivity contribution in [1.82, 2.24) is 9.21 Å². The standard InChI is InChI=1S/C17H26N2O3S/c1-15-7-8-17(22-15)13-18-9-11-19(12-10-18)23(20,21)14-16-5-3-2-4-6-16/h2-6,15,17H,7-14H2,1H3/t15-,17+/m1/s1. The molecule has 0 amide bonds. The predicted octanol–water partition coefficient (Wildman–Crippen LogP) is 1.70. The largest absolute Gasteiger partial charge is 0.374 e. The number of rotatable bonds is 5. The SMILES string of the molecule is C[C@@H]1CC[C@@H](CN2CCN(S(=O)(=O)Cc3ccccc3)CC2)O1. The van der Waals surface area contributed by atoms with Crippen molar-refractivity contribution < 1.29 is 13.2 Å². The quantitative estimate of drug-likeness (QED) is 0.820. The highest BCUT2D eigenvalue weighted by molar-refractivity contribution is 7.88. The van der Waals surface area contributed by atoms with Gasteiger partial charge < -0.3 is 4.74 Å². The Kier molecular flexibility index (Phi) is 5.36. The van der Waals surface area contributed by atoms with Crippen molar-refractivity contribution in [3.63, 3.8) is 0 Å². The molecule has 0 saturated carbocycles. The van der Waals surface area contributed by atoms with Crippen LogP contribution < -0.4 is 0 Å². The number of ether oxygens (including phenoxy) is 1. The lowest BCUT2D eigenvalue weighted by molar-refractivity contribution is 0.0251. The zero-order valence-electron chi connectivity index (χ0n) is 13.7. The van der Waals surface area contributed by atoms with Gasteiger partial charge in [-0.1, -0.05) is 30.3 Å². The van der Waals surface area contributed by atoms with E-state index in [2.05, 4.69) is 11.8 Å². The maximum atomic E-state index is 12.5. The lowest BCUT2D eigenvalue weighted by Crippen LogP contribution is -2.50. The second-order valence-electron chi connectivity index (χ2n) is 6.59. The fraction of sp³-hybridized carbons (Fsp3) is 0.647. The highest BCUT2D eigenvalue weighted by atomic mass is 32.2. The number of hydrogen-bond acceptors (Lipinski definition) is 4. The number of piperazine rings is 1. The molecular formula is C17H26N2O3S. The molecule has 2 saturated heterocycles. The molecule has 2 heterocycles. The predicted molar refractivity (Wildman–Crippen MR) is 90.6 cm³/mol. The average Bonchev–Trinajstić information content (AvgIpc) is 2.93. The molecule has 0 aromatic heterocycles. The number of benzene rings is 1. The molecule has 2 fully saturated rings. The molecule has 0 aliphatic carbocycles. The van der Waals surface area contributed by atoms with E-state index in [-0.39, 0.29) is 5.75 Å². The minimum absolute atomic E-state index is 0.0943. The Morgan fingerprint density at radius 1 is 1.09 bits per heavy atom. The monoisotopic (exact) mass is 338 g/mol. The van der Waals surface area contributed by atoms with E-state index in [9.17, 15) is 8.42 Å². The van der Waals surface area contributed by atoms with Gasteiger partial charge in [-0.2, -0.15) is 4.31 Å². The Balaban J connectivity index is 1.50. The fourth-order valence-corrected chi connectivity index (χ4v) is 4.89. The van der Waals surface area contributed by atoms with Gasteiger partial charge in [-0.05, 0) is 25.3 Å². The maximum Gasteiger partial charge on any atom is 0.218 e. The second kappa shape index (κ2) is 7.30. The first-order valence-electron chi connectivity index (χ1n) is 8.42. The van der Waals surface area contributed by atoms with Crippen LogP contribution in [0.4, 0.5) is 0 Å². The minimum atomic E-state index is -3.22. The van der Waals surface area contributed by atoms with Crippen LogP contribution >= 0.6 is 0 Å². The summed E-state index contributed by atoms with van der Waals surface area (Å²) in [7, 11) is -3.22. The smallest absolute Gasteiger partial charge is 0.218 e. The summed E-state index contributed by atoms with van der Waals surface area (Å²) in [5.41, 5.74) is 0.850. The third kappa shape index (κ3) is 4.53. The lowest BCUT2D eigenvalue weighted by atomic mass is 10.2. The van der Waals surface area contributed by atoms with Gasteiger partial charge in [-0.3, -0.25) is 4.90 Å². The summed E-state index contributed by atoms with van der Waals surface area (Å²) < 4.78 is 32.6. The molecular weight excluding hydrogens is 312 g/mol. The van der Waals surface area contributed by atoms with E-state index in [0.29, 0.717) is 25.3 Å². The lowest BCUT2D eigenvalue weighted by Gasteiger charge is -2.35. The van der Waals surface area contributed by atoms with Crippen LogP contribution in [0.15, 0.2) is 30.3 Å². The molecule has 6 heteroatoms. The molecule has 23 heavy (non-hydrogen) atoms. The van der Waals surface area contributed by atoms with Crippen molar-refractivity contribution in [2.45, 2.75) is 37.7 Å². The summed E-state index contributed by atoms with van der Waals surface area (Å²) in [6.07, 6.45) is 2.94. The third-order valence-electron chi connectivity index (χ3n) is 4.70. The molecule has 3 rings (SSSR count). The fourth-order valence-electron chi connectivity index (χ4n) is 3.37. The molecule has 2 aliphatic rings. The van der Waals surface area contributed by atoms with Crippen LogP contribution in [0.5, 0.6) is 0 Å². The van der Waals surface area contributed by atoms with Crippen molar-refractivity contribution in [1.29, 1.82) is 0 Å². The van der Waals surface area contributed by atoms with Gasteiger partial charge in [0.25, 0.3) is 0 Å². The van der Waals surface area contributed by atoms with E-state index in [1.54, 1.807) is 4.31 Å². The zero-order valence-corrected chi connectivity index (χ0v) is 14.5. The average molecular weight is 338 g/mol. The van der Waals surface area contributed by atoms with Crippen molar-refractivity contribution >= 4 is 10.0 Å². The summed E-state index contributed by atoms with van der Waals surface area (Å²) in [4.78, 5) is 2.33. The van der Waals surface area contributed by atoms with Crippen molar-refractivity contribution in [3.8, 4) is 0 Å². The summed E-state index contributed by atoms with van der Waals surface area (Å²) >= 11 is 0. The van der Waals surface area contributed by atoms with Crippen molar-refractivity contribution in [3.05, 3.63) is 35.9 Å². The summed E-state index contributed by atoms with van der Waals surface area (Å²) in [6.45, 7) is 5.80. The van der Waals surface area contributed by atoms with Crippen LogP contribution in [0, 0.1) is 0 Å². The van der Waals surface area contributed by atoms with Gasteiger partial charge in [-0.25, -0.2) is 8.42 Å². The number of sulfonamides is 1. The van der Waals surface area contributed by atoms with E-state index in [1.807, 2.05) is 30.3 Å². The van der Waals surface area contributed by atoms with E-state index in [1.165, 1.54) is 0 Å². The molecule has 1 aromatic carbocycles. The van der Waals surface area contributed by atoms with E-state index in [4.69, 9.17) is 4.74 Å². The van der Waals surface area contributed by atoms with Gasteiger partial charge in [0.1, 0.15) is 0 Å². The molecule has 0 spiro atoms. The number of hydrogen-bond donors (Lipinski definition) is 0. The second-order valence-corrected chi connectivity index (χ2v) is 8.56. The maximum absolute atomic E-state index is 12.5. The first kappa shape index (κ1) is 16.9. The first-order chi connectivity index (χ1) is 11.0. The van der Waals surface area contributed by atoms with Gasteiger partial charge in [0.2, 0.25) is 10.0 Å². The molecule has 0 bridgehead atoms. The number of nitrogens with zero attached hydrogens (tertiary/aromatic N) is 2. The Morgan fingerprint density at radius 3 is 2.39 bits per heavy atom. The summed E-state index contributed by atoms with van der Waals surface area (Å²) in [5, 5.41) is 0. The molecule has 5 nitrogen and oxygen atoms in total. The molecule has 0 radical (unpaired) electrons. The third-order valence-corrected chi connectivity index (χ3v) is 6.55. The normalized spacial score (nSPS) is 27.3. The van der Waals surface area contributed by atoms with Crippen molar-refractivity contribution in [2.24, 2.45) is 0 Å². The van der Waals surface area contributed by atoms with Crippen LogP contribution in [0.1, 0.15) is 25.3 Å². The summed E-state index contributed by atoms with van der Waals surface area (Å²) in [5.74, 6) is 0.0943. The van der Waals surface area contributed by atoms with E-state index in [0.717, 1.165) is 38.0 Å². The minimum Gasteiger partial charge on any atom is -0.374 e.